The number of hydrogen-bond acceptors (Lipinski definition) is 4. The predicted molar refractivity (Wildman–Crippen MR) is 60.3 cm³/mol. The van der Waals surface area contributed by atoms with Crippen LogP contribution in [-0.4, -0.2) is 27.1 Å². The van der Waals surface area contributed by atoms with Crippen LogP contribution in [-0.2, 0) is 4.79 Å². The van der Waals surface area contributed by atoms with Gasteiger partial charge in [0.05, 0.1) is 5.56 Å². The molecule has 0 aliphatic rings. The van der Waals surface area contributed by atoms with Crippen LogP contribution >= 0.6 is 0 Å². The van der Waals surface area contributed by atoms with E-state index in [0.29, 0.717) is 5.56 Å². The van der Waals surface area contributed by atoms with Crippen molar-refractivity contribution in [3.8, 4) is 11.5 Å². The van der Waals surface area contributed by atoms with Crippen molar-refractivity contribution in [2.24, 2.45) is 0 Å². The smallest absolute Gasteiger partial charge is 0.303 e. The summed E-state index contributed by atoms with van der Waals surface area (Å²) in [6, 6.07) is 2.47. The van der Waals surface area contributed by atoms with Gasteiger partial charge in [-0.1, -0.05) is 0 Å². The molecule has 92 valence electrons. The Labute approximate surface area is 98.3 Å². The first-order chi connectivity index (χ1) is 7.91. The number of carboxylic acid groups (broad SMARTS) is 1. The highest BCUT2D eigenvalue weighted by molar-refractivity contribution is 6.00. The summed E-state index contributed by atoms with van der Waals surface area (Å²) in [6.45, 7) is 1.60. The zero-order chi connectivity index (χ0) is 13.0. The van der Waals surface area contributed by atoms with Crippen molar-refractivity contribution in [3.63, 3.8) is 0 Å². The van der Waals surface area contributed by atoms with E-state index in [2.05, 4.69) is 0 Å². The van der Waals surface area contributed by atoms with Crippen LogP contribution in [0.1, 0.15) is 35.2 Å². The lowest BCUT2D eigenvalue weighted by atomic mass is 9.99. The second-order valence-electron chi connectivity index (χ2n) is 3.83. The lowest BCUT2D eigenvalue weighted by Gasteiger charge is -2.07. The molecule has 0 unspecified atom stereocenters. The molecular weight excluding hydrogens is 224 g/mol. The van der Waals surface area contributed by atoms with Gasteiger partial charge < -0.3 is 15.3 Å². The number of aliphatic carboxylic acids is 1. The maximum Gasteiger partial charge on any atom is 0.303 e. The van der Waals surface area contributed by atoms with Gasteiger partial charge in [-0.3, -0.25) is 9.59 Å². The Hall–Kier alpha value is -2.04. The molecule has 0 heterocycles. The molecule has 17 heavy (non-hydrogen) atoms. The summed E-state index contributed by atoms with van der Waals surface area (Å²) in [6.07, 6.45) is 0.211. The Balaban J connectivity index is 2.79. The summed E-state index contributed by atoms with van der Waals surface area (Å²) in [4.78, 5) is 22.0. The lowest BCUT2D eigenvalue weighted by Crippen LogP contribution is -2.04. The van der Waals surface area contributed by atoms with Gasteiger partial charge in [0.15, 0.2) is 5.78 Å². The van der Waals surface area contributed by atoms with Crippen LogP contribution in [0.3, 0.4) is 0 Å². The summed E-state index contributed by atoms with van der Waals surface area (Å²) in [5, 5.41) is 27.2. The Morgan fingerprint density at radius 1 is 1.18 bits per heavy atom. The maximum absolute atomic E-state index is 11.7. The van der Waals surface area contributed by atoms with E-state index in [9.17, 15) is 19.8 Å². The molecule has 3 N–H and O–H groups in total. The van der Waals surface area contributed by atoms with Gasteiger partial charge in [-0.05, 0) is 25.0 Å². The number of carboxylic acids is 1. The fraction of sp³-hybridized carbons (Fsp3) is 0.333. The molecule has 0 aliphatic heterocycles. The molecule has 0 aromatic heterocycles. The normalized spacial score (nSPS) is 10.2. The molecule has 5 nitrogen and oxygen atoms in total. The lowest BCUT2D eigenvalue weighted by molar-refractivity contribution is -0.137. The van der Waals surface area contributed by atoms with Gasteiger partial charge >= 0.3 is 5.97 Å². The van der Waals surface area contributed by atoms with E-state index in [1.54, 1.807) is 6.92 Å². The fourth-order valence-corrected chi connectivity index (χ4v) is 1.64. The number of ketones is 1. The summed E-state index contributed by atoms with van der Waals surface area (Å²) in [5.74, 6) is -1.66. The zero-order valence-corrected chi connectivity index (χ0v) is 9.43. The quantitative estimate of drug-likeness (QED) is 0.680. The number of phenols is 2. The van der Waals surface area contributed by atoms with Gasteiger partial charge in [0.1, 0.15) is 11.5 Å². The topological polar surface area (TPSA) is 94.8 Å². The van der Waals surface area contributed by atoms with Gasteiger partial charge in [0.2, 0.25) is 0 Å². The molecule has 0 spiro atoms. The van der Waals surface area contributed by atoms with Crippen LogP contribution in [0.4, 0.5) is 0 Å². The number of hydrogen-bond donors (Lipinski definition) is 3. The third-order valence-corrected chi connectivity index (χ3v) is 2.37. The molecule has 0 saturated heterocycles. The van der Waals surface area contributed by atoms with Gasteiger partial charge in [-0.2, -0.15) is 0 Å². The van der Waals surface area contributed by atoms with E-state index >= 15 is 0 Å². The van der Waals surface area contributed by atoms with E-state index in [4.69, 9.17) is 5.11 Å². The Kier molecular flexibility index (Phi) is 4.09. The van der Waals surface area contributed by atoms with E-state index in [0.717, 1.165) is 6.07 Å². The van der Waals surface area contributed by atoms with E-state index in [-0.39, 0.29) is 42.1 Å². The largest absolute Gasteiger partial charge is 0.508 e. The first kappa shape index (κ1) is 13.0. The number of aromatic hydroxyl groups is 2. The van der Waals surface area contributed by atoms with Crippen LogP contribution in [0.5, 0.6) is 11.5 Å². The van der Waals surface area contributed by atoms with E-state index < -0.39 is 5.97 Å². The van der Waals surface area contributed by atoms with Crippen molar-refractivity contribution < 1.29 is 24.9 Å². The fourth-order valence-electron chi connectivity index (χ4n) is 1.64. The van der Waals surface area contributed by atoms with Gasteiger partial charge in [0.25, 0.3) is 0 Å². The van der Waals surface area contributed by atoms with Gasteiger partial charge in [-0.15, -0.1) is 0 Å². The summed E-state index contributed by atoms with van der Waals surface area (Å²) in [5.41, 5.74) is 0.621. The standard InChI is InChI=1S/C12H14O5/c1-7-5-8(13)6-10(15)12(7)9(14)3-2-4-11(16)17/h5-6,13,15H,2-4H2,1H3,(H,16,17). The highest BCUT2D eigenvalue weighted by Crippen LogP contribution is 2.28. The number of carbonyl (C=O) groups excluding carboxylic acids is 1. The predicted octanol–water partition coefficient (Wildman–Crippen LogP) is 1.84. The van der Waals surface area contributed by atoms with E-state index in [1.165, 1.54) is 6.07 Å². The molecule has 0 aliphatic carbocycles. The molecule has 0 saturated carbocycles. The minimum Gasteiger partial charge on any atom is -0.508 e. The molecule has 1 aromatic carbocycles. The Bertz CT molecular complexity index is 427. The third kappa shape index (κ3) is 3.48. The Morgan fingerprint density at radius 3 is 2.35 bits per heavy atom. The van der Waals surface area contributed by atoms with Crippen LogP contribution in [0, 0.1) is 6.92 Å². The minimum absolute atomic E-state index is 0.0610. The summed E-state index contributed by atoms with van der Waals surface area (Å²) >= 11 is 0. The van der Waals surface area contributed by atoms with Crippen LogP contribution in [0.25, 0.3) is 0 Å². The summed E-state index contributed by atoms with van der Waals surface area (Å²) in [7, 11) is 0. The van der Waals surface area contributed by atoms with Crippen LogP contribution in [0.15, 0.2) is 12.1 Å². The average molecular weight is 238 g/mol. The molecular formula is C12H14O5. The first-order valence-electron chi connectivity index (χ1n) is 5.19. The van der Waals surface area contributed by atoms with Crippen molar-refractivity contribution in [1.82, 2.24) is 0 Å². The monoisotopic (exact) mass is 238 g/mol. The Morgan fingerprint density at radius 2 is 1.82 bits per heavy atom. The maximum atomic E-state index is 11.7. The summed E-state index contributed by atoms with van der Waals surface area (Å²) < 4.78 is 0. The third-order valence-electron chi connectivity index (χ3n) is 2.37. The number of Topliss-reactive ketones (excluding diaryl/α,β-unsaturated/α-hetero) is 1. The van der Waals surface area contributed by atoms with E-state index in [1.807, 2.05) is 0 Å². The molecule has 0 radical (unpaired) electrons. The highest BCUT2D eigenvalue weighted by atomic mass is 16.4. The minimum atomic E-state index is -0.954. The second-order valence-corrected chi connectivity index (χ2v) is 3.83. The SMILES string of the molecule is Cc1cc(O)cc(O)c1C(=O)CCCC(=O)O. The van der Waals surface area contributed by atoms with Crippen molar-refractivity contribution >= 4 is 11.8 Å². The highest BCUT2D eigenvalue weighted by Gasteiger charge is 2.15. The molecule has 0 atom stereocenters. The number of phenolic OH excluding ortho intramolecular Hbond substituents is 2. The van der Waals surface area contributed by atoms with Crippen molar-refractivity contribution in [2.75, 3.05) is 0 Å². The van der Waals surface area contributed by atoms with Crippen LogP contribution < -0.4 is 0 Å². The molecule has 5 heteroatoms. The number of carbonyl (C=O) groups is 2. The van der Waals surface area contributed by atoms with Gasteiger partial charge in [-0.25, -0.2) is 0 Å². The number of aryl methyl sites for hydroxylation is 1. The van der Waals surface area contributed by atoms with Gasteiger partial charge in [0, 0.05) is 18.9 Å². The number of benzene rings is 1. The van der Waals surface area contributed by atoms with Crippen molar-refractivity contribution in [1.29, 1.82) is 0 Å². The second kappa shape index (κ2) is 5.34. The van der Waals surface area contributed by atoms with Crippen LogP contribution in [0.2, 0.25) is 0 Å². The molecule has 1 aromatic rings. The zero-order valence-electron chi connectivity index (χ0n) is 9.43. The first-order valence-corrected chi connectivity index (χ1v) is 5.19. The van der Waals surface area contributed by atoms with Crippen molar-refractivity contribution in [2.45, 2.75) is 26.2 Å². The molecule has 1 rings (SSSR count). The average Bonchev–Trinajstić information content (AvgIpc) is 2.14. The molecule has 0 bridgehead atoms. The molecule has 0 amide bonds. The number of rotatable bonds is 5. The molecule has 0 fully saturated rings. The van der Waals surface area contributed by atoms with Crippen molar-refractivity contribution in [3.05, 3.63) is 23.3 Å².